The third-order valence-electron chi connectivity index (χ3n) is 4.57. The van der Waals surface area contributed by atoms with Crippen LogP contribution in [0.5, 0.6) is 0 Å². The first kappa shape index (κ1) is 30.5. The molecule has 9 heteroatoms. The van der Waals surface area contributed by atoms with E-state index in [0.717, 1.165) is 51.4 Å². The van der Waals surface area contributed by atoms with Crippen LogP contribution in [0.4, 0.5) is 0 Å². The standard InChI is InChI=1S/C18H34N2O6.C6H7N/c21-16-19-11-12-25-13-14-26-15-17(22)20-10-8-6-4-2-1-3-5-7-9-18(23)24;1-6-2-4-7-5-3-6/h16H,1-15H2,(H,19,21)(H,20,22)(H,23,24);2-5H,1H3. The largest absolute Gasteiger partial charge is 0.481 e. The van der Waals surface area contributed by atoms with Crippen LogP contribution < -0.4 is 10.6 Å². The van der Waals surface area contributed by atoms with Crippen LogP contribution >= 0.6 is 0 Å². The van der Waals surface area contributed by atoms with Crippen molar-refractivity contribution < 1.29 is 29.0 Å². The maximum Gasteiger partial charge on any atom is 0.303 e. The smallest absolute Gasteiger partial charge is 0.303 e. The molecule has 0 saturated carbocycles. The summed E-state index contributed by atoms with van der Waals surface area (Å²) >= 11 is 0. The molecule has 0 spiro atoms. The van der Waals surface area contributed by atoms with Gasteiger partial charge in [-0.25, -0.2) is 0 Å². The first-order valence-corrected chi connectivity index (χ1v) is 11.7. The number of hydrogen-bond donors (Lipinski definition) is 3. The van der Waals surface area contributed by atoms with Gasteiger partial charge in [-0.05, 0) is 37.5 Å². The number of ether oxygens (including phenoxy) is 2. The van der Waals surface area contributed by atoms with Gasteiger partial charge in [-0.15, -0.1) is 0 Å². The van der Waals surface area contributed by atoms with Crippen LogP contribution in [-0.2, 0) is 23.9 Å². The third-order valence-corrected chi connectivity index (χ3v) is 4.57. The molecule has 0 atom stereocenters. The lowest BCUT2D eigenvalue weighted by molar-refractivity contribution is -0.137. The lowest BCUT2D eigenvalue weighted by atomic mass is 10.1. The van der Waals surface area contributed by atoms with E-state index in [9.17, 15) is 14.4 Å². The predicted octanol–water partition coefficient (Wildman–Crippen LogP) is 2.87. The number of aryl methyl sites for hydroxylation is 1. The number of pyridine rings is 1. The molecular weight excluding hydrogens is 426 g/mol. The molecule has 0 aliphatic rings. The minimum absolute atomic E-state index is 0.0340. The molecule has 1 aromatic rings. The van der Waals surface area contributed by atoms with Gasteiger partial charge < -0.3 is 25.2 Å². The van der Waals surface area contributed by atoms with Crippen molar-refractivity contribution in [1.29, 1.82) is 0 Å². The van der Waals surface area contributed by atoms with Crippen molar-refractivity contribution in [2.45, 2.75) is 64.7 Å². The summed E-state index contributed by atoms with van der Waals surface area (Å²) in [4.78, 5) is 35.7. The fourth-order valence-electron chi connectivity index (χ4n) is 2.74. The Morgan fingerprint density at radius 2 is 1.52 bits per heavy atom. The van der Waals surface area contributed by atoms with Gasteiger partial charge in [-0.3, -0.25) is 19.4 Å². The highest BCUT2D eigenvalue weighted by Gasteiger charge is 2.01. The van der Waals surface area contributed by atoms with Crippen molar-refractivity contribution in [2.24, 2.45) is 0 Å². The maximum atomic E-state index is 11.5. The summed E-state index contributed by atoms with van der Waals surface area (Å²) in [6.45, 7) is 4.37. The summed E-state index contributed by atoms with van der Waals surface area (Å²) in [5.74, 6) is -0.833. The molecule has 0 bridgehead atoms. The minimum atomic E-state index is -0.714. The lowest BCUT2D eigenvalue weighted by Crippen LogP contribution is -2.29. The van der Waals surface area contributed by atoms with Crippen LogP contribution in [0.15, 0.2) is 24.5 Å². The molecule has 1 rings (SSSR count). The van der Waals surface area contributed by atoms with Crippen LogP contribution in [0.25, 0.3) is 0 Å². The summed E-state index contributed by atoms with van der Waals surface area (Å²) < 4.78 is 10.4. The molecule has 0 fully saturated rings. The molecule has 0 aliphatic carbocycles. The summed E-state index contributed by atoms with van der Waals surface area (Å²) in [6.07, 6.45) is 12.8. The van der Waals surface area contributed by atoms with Crippen molar-refractivity contribution in [2.75, 3.05) is 39.5 Å². The van der Waals surface area contributed by atoms with Gasteiger partial charge in [-0.2, -0.15) is 0 Å². The molecule has 3 N–H and O–H groups in total. The Kier molecular flexibility index (Phi) is 22.3. The fraction of sp³-hybridized carbons (Fsp3) is 0.667. The van der Waals surface area contributed by atoms with Gasteiger partial charge in [0.15, 0.2) is 0 Å². The number of rotatable bonds is 20. The van der Waals surface area contributed by atoms with Gasteiger partial charge in [0, 0.05) is 31.9 Å². The molecule has 1 aromatic heterocycles. The summed E-state index contributed by atoms with van der Waals surface area (Å²) in [5.41, 5.74) is 1.26. The highest BCUT2D eigenvalue weighted by molar-refractivity contribution is 5.77. The molecule has 2 amide bonds. The van der Waals surface area contributed by atoms with Gasteiger partial charge in [0.1, 0.15) is 6.61 Å². The van der Waals surface area contributed by atoms with E-state index in [1.165, 1.54) is 5.56 Å². The topological polar surface area (TPSA) is 127 Å². The zero-order valence-electron chi connectivity index (χ0n) is 19.9. The fourth-order valence-corrected chi connectivity index (χ4v) is 2.74. The predicted molar refractivity (Wildman–Crippen MR) is 127 cm³/mol. The molecular formula is C24H41N3O6. The van der Waals surface area contributed by atoms with E-state index in [-0.39, 0.29) is 18.9 Å². The lowest BCUT2D eigenvalue weighted by Gasteiger charge is -2.07. The second kappa shape index (κ2) is 24.1. The van der Waals surface area contributed by atoms with Crippen LogP contribution in [0.3, 0.4) is 0 Å². The van der Waals surface area contributed by atoms with E-state index in [4.69, 9.17) is 14.6 Å². The maximum absolute atomic E-state index is 11.5. The van der Waals surface area contributed by atoms with Crippen molar-refractivity contribution >= 4 is 18.3 Å². The normalized spacial score (nSPS) is 10.1. The molecule has 188 valence electrons. The number of nitrogens with zero attached hydrogens (tertiary/aromatic N) is 1. The Bertz CT molecular complexity index is 601. The van der Waals surface area contributed by atoms with Gasteiger partial charge in [0.25, 0.3) is 0 Å². The summed E-state index contributed by atoms with van der Waals surface area (Å²) in [5, 5.41) is 13.8. The highest BCUT2D eigenvalue weighted by atomic mass is 16.5. The number of carbonyl (C=O) groups is 3. The molecule has 9 nitrogen and oxygen atoms in total. The monoisotopic (exact) mass is 467 g/mol. The molecule has 0 radical (unpaired) electrons. The van der Waals surface area contributed by atoms with Crippen molar-refractivity contribution in [1.82, 2.24) is 15.6 Å². The van der Waals surface area contributed by atoms with Crippen molar-refractivity contribution in [3.8, 4) is 0 Å². The molecule has 0 aromatic carbocycles. The average molecular weight is 468 g/mol. The zero-order chi connectivity index (χ0) is 24.4. The molecule has 0 unspecified atom stereocenters. The number of aliphatic carboxylic acids is 1. The van der Waals surface area contributed by atoms with E-state index in [1.807, 2.05) is 19.1 Å². The molecule has 0 saturated heterocycles. The van der Waals surface area contributed by atoms with Crippen LogP contribution in [0.2, 0.25) is 0 Å². The molecule has 33 heavy (non-hydrogen) atoms. The number of carbonyl (C=O) groups excluding carboxylic acids is 2. The number of carboxylic acids is 1. The van der Waals surface area contributed by atoms with E-state index in [0.29, 0.717) is 39.3 Å². The average Bonchev–Trinajstić information content (AvgIpc) is 2.80. The van der Waals surface area contributed by atoms with Crippen LogP contribution in [-0.4, -0.2) is 67.9 Å². The SMILES string of the molecule is Cc1ccncc1.O=CNCCOCCOCC(=O)NCCCCCCCCCCC(=O)O. The van der Waals surface area contributed by atoms with Crippen molar-refractivity contribution in [3.63, 3.8) is 0 Å². The number of unbranched alkanes of at least 4 members (excludes halogenated alkanes) is 7. The van der Waals surface area contributed by atoms with Gasteiger partial charge >= 0.3 is 5.97 Å². The highest BCUT2D eigenvalue weighted by Crippen LogP contribution is 2.09. The first-order chi connectivity index (χ1) is 16.1. The Hall–Kier alpha value is -2.52. The van der Waals surface area contributed by atoms with E-state index in [2.05, 4.69) is 15.6 Å². The zero-order valence-corrected chi connectivity index (χ0v) is 19.9. The molecule has 0 aliphatic heterocycles. The second-order valence-corrected chi connectivity index (χ2v) is 7.58. The quantitative estimate of drug-likeness (QED) is 0.199. The van der Waals surface area contributed by atoms with E-state index < -0.39 is 5.97 Å². The van der Waals surface area contributed by atoms with Crippen molar-refractivity contribution in [3.05, 3.63) is 30.1 Å². The van der Waals surface area contributed by atoms with E-state index >= 15 is 0 Å². The number of amides is 2. The van der Waals surface area contributed by atoms with Crippen LogP contribution in [0.1, 0.15) is 63.4 Å². The molecule has 1 heterocycles. The van der Waals surface area contributed by atoms with Gasteiger partial charge in [-0.1, -0.05) is 38.5 Å². The first-order valence-electron chi connectivity index (χ1n) is 11.7. The minimum Gasteiger partial charge on any atom is -0.481 e. The summed E-state index contributed by atoms with van der Waals surface area (Å²) in [7, 11) is 0. The number of nitrogens with one attached hydrogen (secondary N) is 2. The van der Waals surface area contributed by atoms with Gasteiger partial charge in [0.2, 0.25) is 12.3 Å². The number of hydrogen-bond acceptors (Lipinski definition) is 6. The van der Waals surface area contributed by atoms with E-state index in [1.54, 1.807) is 12.4 Å². The Morgan fingerprint density at radius 3 is 2.09 bits per heavy atom. The Labute approximate surface area is 197 Å². The Morgan fingerprint density at radius 1 is 0.909 bits per heavy atom. The Balaban J connectivity index is 0.00000123. The van der Waals surface area contributed by atoms with Crippen LogP contribution in [0, 0.1) is 6.92 Å². The second-order valence-electron chi connectivity index (χ2n) is 7.58. The number of carboxylic acid groups (broad SMARTS) is 1. The number of aromatic nitrogens is 1. The summed E-state index contributed by atoms with van der Waals surface area (Å²) in [6, 6.07) is 3.94. The van der Waals surface area contributed by atoms with Gasteiger partial charge in [0.05, 0.1) is 19.8 Å². The third kappa shape index (κ3) is 25.6.